The summed E-state index contributed by atoms with van der Waals surface area (Å²) in [6.07, 6.45) is 3.73. The van der Waals surface area contributed by atoms with Crippen molar-refractivity contribution < 1.29 is 19.0 Å². The Morgan fingerprint density at radius 1 is 1.02 bits per heavy atom. The molecule has 2 saturated heterocycles. The minimum Gasteiger partial charge on any atom is -0.368 e. The van der Waals surface area contributed by atoms with Gasteiger partial charge in [-0.15, -0.1) is 0 Å². The minimum absolute atomic E-state index is 0.263. The van der Waals surface area contributed by atoms with E-state index in [1.165, 1.54) is 39.5 Å². The van der Waals surface area contributed by atoms with Gasteiger partial charge >= 0.3 is 0 Å². The van der Waals surface area contributed by atoms with Crippen molar-refractivity contribution in [3.63, 3.8) is 0 Å². The minimum atomic E-state index is -0.844. The van der Waals surface area contributed by atoms with Crippen LogP contribution in [-0.2, 0) is 32.0 Å². The molecule has 3 aromatic heterocycles. The van der Waals surface area contributed by atoms with Gasteiger partial charge < -0.3 is 29.4 Å². The number of para-hydroxylation sites is 1. The number of imidazole rings is 1. The number of anilines is 1. The Labute approximate surface area is 255 Å². The largest absolute Gasteiger partial charge is 0.368 e. The van der Waals surface area contributed by atoms with E-state index in [-0.39, 0.29) is 5.91 Å². The van der Waals surface area contributed by atoms with E-state index in [2.05, 4.69) is 92.7 Å². The molecule has 5 aromatic rings. The van der Waals surface area contributed by atoms with Gasteiger partial charge in [-0.1, -0.05) is 42.0 Å². The number of aromatic nitrogens is 5. The Hall–Kier alpha value is -4.32. The number of carbonyl (C=O) groups excluding carboxylic acids is 1. The van der Waals surface area contributed by atoms with Crippen molar-refractivity contribution in [3.8, 4) is 0 Å². The topological polar surface area (TPSA) is 117 Å². The molecule has 1 amide bonds. The average Bonchev–Trinajstić information content (AvgIpc) is 3.75. The van der Waals surface area contributed by atoms with Crippen LogP contribution in [0.5, 0.6) is 0 Å². The fourth-order valence-corrected chi connectivity index (χ4v) is 6.44. The molecule has 44 heavy (non-hydrogen) atoms. The van der Waals surface area contributed by atoms with Crippen LogP contribution in [0, 0.1) is 13.8 Å². The summed E-state index contributed by atoms with van der Waals surface area (Å²) < 4.78 is 22.6. The van der Waals surface area contributed by atoms with Crippen molar-refractivity contribution in [2.24, 2.45) is 0 Å². The lowest BCUT2D eigenvalue weighted by Gasteiger charge is -2.24. The van der Waals surface area contributed by atoms with Gasteiger partial charge in [0, 0.05) is 37.2 Å². The second-order valence-corrected chi connectivity index (χ2v) is 12.1. The van der Waals surface area contributed by atoms with Crippen molar-refractivity contribution >= 4 is 33.8 Å². The number of carbonyl (C=O) groups is 1. The van der Waals surface area contributed by atoms with Crippen molar-refractivity contribution in [1.82, 2.24) is 29.4 Å². The number of hydrogen-bond acceptors (Lipinski definition) is 8. The van der Waals surface area contributed by atoms with Crippen molar-refractivity contribution in [3.05, 3.63) is 83.6 Å². The smallest absolute Gasteiger partial charge is 0.251 e. The van der Waals surface area contributed by atoms with Crippen LogP contribution in [0.15, 0.2) is 61.3 Å². The number of rotatable bonds is 8. The SMILES string of the molecule is CNC(=O)[C@H]1O[C@@H](n2cnc3c(NCCc4cn(Cc5cc(C)ccc5C)c5ccccc45)ncnc32)[C@@H]2OC(C)(C)O[C@@H]21. The van der Waals surface area contributed by atoms with Gasteiger partial charge in [0.2, 0.25) is 0 Å². The van der Waals surface area contributed by atoms with E-state index in [1.54, 1.807) is 17.9 Å². The quantitative estimate of drug-likeness (QED) is 0.273. The molecule has 7 rings (SSSR count). The van der Waals surface area contributed by atoms with E-state index in [1.807, 2.05) is 13.8 Å². The van der Waals surface area contributed by atoms with Crippen LogP contribution in [0.4, 0.5) is 5.82 Å². The van der Waals surface area contributed by atoms with E-state index in [4.69, 9.17) is 14.2 Å². The monoisotopic (exact) mass is 595 g/mol. The Morgan fingerprint density at radius 3 is 2.68 bits per heavy atom. The second kappa shape index (κ2) is 11.0. The molecule has 0 radical (unpaired) electrons. The summed E-state index contributed by atoms with van der Waals surface area (Å²) in [5, 5.41) is 7.39. The molecule has 0 saturated carbocycles. The van der Waals surface area contributed by atoms with Crippen LogP contribution in [0.25, 0.3) is 22.1 Å². The molecule has 4 atom stereocenters. The first kappa shape index (κ1) is 28.5. The van der Waals surface area contributed by atoms with Gasteiger partial charge in [0.25, 0.3) is 5.91 Å². The first-order valence-electron chi connectivity index (χ1n) is 15.0. The van der Waals surface area contributed by atoms with Crippen LogP contribution >= 0.6 is 0 Å². The number of likely N-dealkylation sites (N-methyl/N-ethyl adjacent to an activating group) is 1. The fourth-order valence-electron chi connectivity index (χ4n) is 6.44. The fraction of sp³-hybridized carbons (Fsp3) is 0.394. The number of benzene rings is 2. The Balaban J connectivity index is 1.11. The zero-order valence-electron chi connectivity index (χ0n) is 25.6. The van der Waals surface area contributed by atoms with Gasteiger partial charge in [-0.25, -0.2) is 15.0 Å². The summed E-state index contributed by atoms with van der Waals surface area (Å²) in [5.74, 6) is -0.473. The molecule has 2 aromatic carbocycles. The van der Waals surface area contributed by atoms with Crippen LogP contribution in [0.2, 0.25) is 0 Å². The summed E-state index contributed by atoms with van der Waals surface area (Å²) in [5.41, 5.74) is 7.57. The molecule has 5 heterocycles. The van der Waals surface area contributed by atoms with Crippen molar-refractivity contribution in [2.75, 3.05) is 18.9 Å². The number of aryl methyl sites for hydroxylation is 2. The van der Waals surface area contributed by atoms with Crippen molar-refractivity contribution in [2.45, 2.75) is 71.0 Å². The van der Waals surface area contributed by atoms with E-state index in [0.717, 1.165) is 13.0 Å². The molecule has 0 unspecified atom stereocenters. The van der Waals surface area contributed by atoms with Crippen molar-refractivity contribution in [1.29, 1.82) is 0 Å². The van der Waals surface area contributed by atoms with Crippen LogP contribution < -0.4 is 10.6 Å². The highest BCUT2D eigenvalue weighted by atomic mass is 16.8. The number of amides is 1. The Morgan fingerprint density at radius 2 is 1.84 bits per heavy atom. The molecule has 2 aliphatic rings. The number of nitrogens with one attached hydrogen (secondary N) is 2. The molecular weight excluding hydrogens is 558 g/mol. The number of fused-ring (bicyclic) bond motifs is 3. The van der Waals surface area contributed by atoms with Gasteiger partial charge in [0.15, 0.2) is 35.1 Å². The molecule has 11 nitrogen and oxygen atoms in total. The van der Waals surface area contributed by atoms with E-state index in [0.29, 0.717) is 23.5 Å². The Kier molecular flexibility index (Phi) is 7.11. The molecule has 2 N–H and O–H groups in total. The number of hydrogen-bond donors (Lipinski definition) is 2. The summed E-state index contributed by atoms with van der Waals surface area (Å²) in [4.78, 5) is 26.3. The number of nitrogens with zero attached hydrogens (tertiary/aromatic N) is 5. The predicted octanol–water partition coefficient (Wildman–Crippen LogP) is 4.26. The molecular formula is C33H37N7O4. The molecule has 2 fully saturated rings. The zero-order chi connectivity index (χ0) is 30.6. The molecule has 228 valence electrons. The highest BCUT2D eigenvalue weighted by Gasteiger charge is 2.58. The third-order valence-corrected chi connectivity index (χ3v) is 8.57. The highest BCUT2D eigenvalue weighted by Crippen LogP contribution is 2.44. The lowest BCUT2D eigenvalue weighted by molar-refractivity contribution is -0.197. The third kappa shape index (κ3) is 5.00. The summed E-state index contributed by atoms with van der Waals surface area (Å²) >= 11 is 0. The molecule has 11 heteroatoms. The van der Waals surface area contributed by atoms with E-state index < -0.39 is 30.3 Å². The molecule has 0 aliphatic carbocycles. The molecule has 2 aliphatic heterocycles. The summed E-state index contributed by atoms with van der Waals surface area (Å²) in [6.45, 7) is 9.45. The maximum Gasteiger partial charge on any atom is 0.251 e. The predicted molar refractivity (Wildman–Crippen MR) is 166 cm³/mol. The third-order valence-electron chi connectivity index (χ3n) is 8.57. The summed E-state index contributed by atoms with van der Waals surface area (Å²) in [6, 6.07) is 15.2. The lowest BCUT2D eigenvalue weighted by Crippen LogP contribution is -2.41. The van der Waals surface area contributed by atoms with Gasteiger partial charge in [-0.05, 0) is 56.9 Å². The van der Waals surface area contributed by atoms with Crippen LogP contribution in [0.1, 0.15) is 42.3 Å². The summed E-state index contributed by atoms with van der Waals surface area (Å²) in [7, 11) is 1.58. The first-order chi connectivity index (χ1) is 21.2. The van der Waals surface area contributed by atoms with E-state index >= 15 is 0 Å². The average molecular weight is 596 g/mol. The number of ether oxygens (including phenoxy) is 3. The van der Waals surface area contributed by atoms with E-state index in [9.17, 15) is 4.79 Å². The second-order valence-electron chi connectivity index (χ2n) is 12.1. The Bertz CT molecular complexity index is 1860. The first-order valence-corrected chi connectivity index (χ1v) is 15.0. The lowest BCUT2D eigenvalue weighted by atomic mass is 10.1. The van der Waals surface area contributed by atoms with Gasteiger partial charge in [0.05, 0.1) is 6.33 Å². The van der Waals surface area contributed by atoms with Gasteiger partial charge in [0.1, 0.15) is 18.5 Å². The highest BCUT2D eigenvalue weighted by molar-refractivity contribution is 5.85. The molecule has 0 bridgehead atoms. The van der Waals surface area contributed by atoms with Gasteiger partial charge in [-0.3, -0.25) is 9.36 Å². The maximum atomic E-state index is 12.6. The zero-order valence-corrected chi connectivity index (χ0v) is 25.6. The van der Waals surface area contributed by atoms with Crippen LogP contribution in [0.3, 0.4) is 0 Å². The van der Waals surface area contributed by atoms with Gasteiger partial charge in [-0.2, -0.15) is 0 Å². The normalized spacial score (nSPS) is 22.5. The standard InChI is InChI=1S/C33H37N7O4/c1-19-10-11-20(2)22(14-19)16-39-15-21(23-8-6-7-9-24(23)39)12-13-35-29-25-30(37-17-36-29)40(18-38-25)32-28-26(43-33(3,4)44-28)27(42-32)31(41)34-5/h6-11,14-15,17-18,26-28,32H,12-13,16H2,1-5H3,(H,34,41)(H,35,36,37)/t26-,27+,28-,32-/m1/s1. The van der Waals surface area contributed by atoms with Crippen LogP contribution in [-0.4, -0.2) is 67.7 Å². The molecule has 0 spiro atoms. The maximum absolute atomic E-state index is 12.6.